The number of hydrogen-bond donors (Lipinski definition) is 2. The van der Waals surface area contributed by atoms with E-state index in [1.54, 1.807) is 6.92 Å². The molecule has 18 heavy (non-hydrogen) atoms. The highest BCUT2D eigenvalue weighted by Crippen LogP contribution is 2.21. The van der Waals surface area contributed by atoms with Crippen molar-refractivity contribution in [1.29, 1.82) is 0 Å². The molecule has 2 saturated heterocycles. The maximum absolute atomic E-state index is 12.4. The molecule has 3 atom stereocenters. The second-order valence-corrected chi connectivity index (χ2v) is 5.05. The Balaban J connectivity index is 2.11. The van der Waals surface area contributed by atoms with Gasteiger partial charge in [-0.05, 0) is 33.2 Å². The molecule has 2 fully saturated rings. The van der Waals surface area contributed by atoms with Crippen molar-refractivity contribution in [3.63, 3.8) is 0 Å². The lowest BCUT2D eigenvalue weighted by Gasteiger charge is -2.37. The lowest BCUT2D eigenvalue weighted by Crippen LogP contribution is -2.61. The van der Waals surface area contributed by atoms with Crippen LogP contribution in [0.25, 0.3) is 0 Å². The van der Waals surface area contributed by atoms with Crippen molar-refractivity contribution in [2.24, 2.45) is 5.92 Å². The van der Waals surface area contributed by atoms with Crippen LogP contribution in [0.4, 0.5) is 0 Å². The Hall–Kier alpha value is -1.43. The van der Waals surface area contributed by atoms with Gasteiger partial charge < -0.3 is 10.2 Å². The molecule has 6 heteroatoms. The molecule has 0 radical (unpaired) electrons. The number of carbonyl (C=O) groups is 3. The summed E-state index contributed by atoms with van der Waals surface area (Å²) in [5.74, 6) is -1.02. The van der Waals surface area contributed by atoms with Gasteiger partial charge in [-0.1, -0.05) is 0 Å². The Morgan fingerprint density at radius 3 is 2.72 bits per heavy atom. The predicted octanol–water partition coefficient (Wildman–Crippen LogP) is -0.752. The normalized spacial score (nSPS) is 33.2. The second kappa shape index (κ2) is 5.06. The van der Waals surface area contributed by atoms with Crippen LogP contribution >= 0.6 is 0 Å². The SMILES string of the molecule is CC1NCCCC1C(=O)N1CC(=O)NC(=O)C1C. The van der Waals surface area contributed by atoms with Crippen LogP contribution in [0.15, 0.2) is 0 Å². The average Bonchev–Trinajstić information content (AvgIpc) is 2.33. The molecule has 0 spiro atoms. The molecular formula is C12H19N3O3. The molecule has 2 heterocycles. The number of piperazine rings is 1. The molecule has 3 amide bonds. The summed E-state index contributed by atoms with van der Waals surface area (Å²) in [4.78, 5) is 36.7. The van der Waals surface area contributed by atoms with Gasteiger partial charge in [-0.25, -0.2) is 0 Å². The minimum atomic E-state index is -0.565. The first-order chi connectivity index (χ1) is 8.50. The first-order valence-electron chi connectivity index (χ1n) is 6.38. The van der Waals surface area contributed by atoms with Crippen molar-refractivity contribution in [2.75, 3.05) is 13.1 Å². The van der Waals surface area contributed by atoms with Crippen LogP contribution in [0.1, 0.15) is 26.7 Å². The molecular weight excluding hydrogens is 234 g/mol. The van der Waals surface area contributed by atoms with Gasteiger partial charge in [0.1, 0.15) is 12.6 Å². The van der Waals surface area contributed by atoms with E-state index in [9.17, 15) is 14.4 Å². The molecule has 0 aromatic rings. The van der Waals surface area contributed by atoms with Crippen LogP contribution in [0, 0.1) is 5.92 Å². The van der Waals surface area contributed by atoms with Gasteiger partial charge in [-0.15, -0.1) is 0 Å². The Bertz CT molecular complexity index is 383. The van der Waals surface area contributed by atoms with E-state index in [-0.39, 0.29) is 24.4 Å². The maximum Gasteiger partial charge on any atom is 0.249 e. The molecule has 2 N–H and O–H groups in total. The maximum atomic E-state index is 12.4. The van der Waals surface area contributed by atoms with Gasteiger partial charge in [0.15, 0.2) is 0 Å². The summed E-state index contributed by atoms with van der Waals surface area (Å²) < 4.78 is 0. The highest BCUT2D eigenvalue weighted by atomic mass is 16.2. The molecule has 0 saturated carbocycles. The smallest absolute Gasteiger partial charge is 0.249 e. The highest BCUT2D eigenvalue weighted by Gasteiger charge is 2.38. The average molecular weight is 253 g/mol. The topological polar surface area (TPSA) is 78.5 Å². The van der Waals surface area contributed by atoms with Crippen LogP contribution < -0.4 is 10.6 Å². The lowest BCUT2D eigenvalue weighted by molar-refractivity contribution is -0.152. The minimum Gasteiger partial charge on any atom is -0.321 e. The van der Waals surface area contributed by atoms with Crippen molar-refractivity contribution in [2.45, 2.75) is 38.8 Å². The molecule has 0 aromatic heterocycles. The second-order valence-electron chi connectivity index (χ2n) is 5.05. The highest BCUT2D eigenvalue weighted by molar-refractivity contribution is 6.04. The number of nitrogens with zero attached hydrogens (tertiary/aromatic N) is 1. The largest absolute Gasteiger partial charge is 0.321 e. The zero-order valence-electron chi connectivity index (χ0n) is 10.7. The number of imide groups is 1. The van der Waals surface area contributed by atoms with Gasteiger partial charge in [-0.2, -0.15) is 0 Å². The number of nitrogens with one attached hydrogen (secondary N) is 2. The number of piperidine rings is 1. The molecule has 2 aliphatic rings. The van der Waals surface area contributed by atoms with Crippen molar-refractivity contribution < 1.29 is 14.4 Å². The molecule has 0 bridgehead atoms. The van der Waals surface area contributed by atoms with E-state index in [2.05, 4.69) is 10.6 Å². The van der Waals surface area contributed by atoms with Gasteiger partial charge in [0.05, 0.1) is 5.92 Å². The van der Waals surface area contributed by atoms with Gasteiger partial charge in [0.25, 0.3) is 0 Å². The van der Waals surface area contributed by atoms with Gasteiger partial charge in [0.2, 0.25) is 17.7 Å². The molecule has 100 valence electrons. The molecule has 2 rings (SSSR count). The van der Waals surface area contributed by atoms with Gasteiger partial charge in [0, 0.05) is 6.04 Å². The van der Waals surface area contributed by atoms with E-state index in [0.29, 0.717) is 0 Å². The number of amides is 3. The lowest BCUT2D eigenvalue weighted by atomic mass is 9.90. The van der Waals surface area contributed by atoms with E-state index in [1.807, 2.05) is 6.92 Å². The van der Waals surface area contributed by atoms with Crippen LogP contribution in [0.3, 0.4) is 0 Å². The summed E-state index contributed by atoms with van der Waals surface area (Å²) in [6, 6.07) is -0.470. The fourth-order valence-electron chi connectivity index (χ4n) is 2.58. The Morgan fingerprint density at radius 2 is 2.06 bits per heavy atom. The molecule has 6 nitrogen and oxygen atoms in total. The van der Waals surface area contributed by atoms with Crippen LogP contribution in [-0.4, -0.2) is 47.8 Å². The molecule has 0 aromatic carbocycles. The summed E-state index contributed by atoms with van der Waals surface area (Å²) in [5, 5.41) is 5.50. The standard InChI is InChI=1S/C12H19N3O3/c1-7-9(4-3-5-13-7)12(18)15-6-10(16)14-11(17)8(15)2/h7-9,13H,3-6H2,1-2H3,(H,14,16,17). The summed E-state index contributed by atoms with van der Waals surface area (Å²) in [5.41, 5.74) is 0. The Kier molecular flexibility index (Phi) is 3.65. The van der Waals surface area contributed by atoms with Gasteiger partial charge >= 0.3 is 0 Å². The fourth-order valence-corrected chi connectivity index (χ4v) is 2.58. The van der Waals surface area contributed by atoms with E-state index in [1.165, 1.54) is 4.90 Å². The van der Waals surface area contributed by atoms with Crippen LogP contribution in [-0.2, 0) is 14.4 Å². The van der Waals surface area contributed by atoms with E-state index < -0.39 is 17.9 Å². The zero-order chi connectivity index (χ0) is 13.3. The summed E-state index contributed by atoms with van der Waals surface area (Å²) in [6.07, 6.45) is 1.76. The van der Waals surface area contributed by atoms with E-state index in [0.717, 1.165) is 19.4 Å². The van der Waals surface area contributed by atoms with Crippen molar-refractivity contribution >= 4 is 17.7 Å². The Morgan fingerprint density at radius 1 is 1.33 bits per heavy atom. The van der Waals surface area contributed by atoms with E-state index in [4.69, 9.17) is 0 Å². The number of rotatable bonds is 1. The van der Waals surface area contributed by atoms with Crippen LogP contribution in [0.2, 0.25) is 0 Å². The van der Waals surface area contributed by atoms with Crippen molar-refractivity contribution in [3.05, 3.63) is 0 Å². The quantitative estimate of drug-likeness (QED) is 0.603. The van der Waals surface area contributed by atoms with Crippen LogP contribution in [0.5, 0.6) is 0 Å². The summed E-state index contributed by atoms with van der Waals surface area (Å²) >= 11 is 0. The summed E-state index contributed by atoms with van der Waals surface area (Å²) in [6.45, 7) is 4.52. The van der Waals surface area contributed by atoms with E-state index >= 15 is 0 Å². The Labute approximate surface area is 106 Å². The predicted molar refractivity (Wildman–Crippen MR) is 64.5 cm³/mol. The first kappa shape index (κ1) is 13.0. The first-order valence-corrected chi connectivity index (χ1v) is 6.38. The zero-order valence-corrected chi connectivity index (χ0v) is 10.7. The third-order valence-electron chi connectivity index (χ3n) is 3.79. The molecule has 0 aliphatic carbocycles. The van der Waals surface area contributed by atoms with Crippen molar-refractivity contribution in [3.8, 4) is 0 Å². The van der Waals surface area contributed by atoms with Crippen molar-refractivity contribution in [1.82, 2.24) is 15.5 Å². The minimum absolute atomic E-state index is 0.0189. The molecule has 2 aliphatic heterocycles. The number of carbonyl (C=O) groups excluding carboxylic acids is 3. The third-order valence-corrected chi connectivity index (χ3v) is 3.79. The fraction of sp³-hybridized carbons (Fsp3) is 0.750. The third kappa shape index (κ3) is 2.38. The number of hydrogen-bond acceptors (Lipinski definition) is 4. The molecule has 3 unspecified atom stereocenters. The van der Waals surface area contributed by atoms with Gasteiger partial charge in [-0.3, -0.25) is 19.7 Å². The monoisotopic (exact) mass is 253 g/mol. The summed E-state index contributed by atoms with van der Waals surface area (Å²) in [7, 11) is 0.